The van der Waals surface area contributed by atoms with Crippen LogP contribution in [0.1, 0.15) is 297 Å². The van der Waals surface area contributed by atoms with E-state index in [0.29, 0.717) is 25.7 Å². The van der Waals surface area contributed by atoms with E-state index in [0.717, 1.165) is 193 Å². The van der Waals surface area contributed by atoms with Crippen molar-refractivity contribution in [3.05, 3.63) is 134 Å². The number of phosphoric acid groups is 2. The molecule has 0 saturated heterocycles. The van der Waals surface area contributed by atoms with Gasteiger partial charge in [0.1, 0.15) is 19.3 Å². The molecule has 0 fully saturated rings. The molecule has 5 atom stereocenters. The fourth-order valence-corrected chi connectivity index (χ4v) is 11.4. The van der Waals surface area contributed by atoms with Gasteiger partial charge in [-0.3, -0.25) is 37.3 Å². The first-order valence-corrected chi connectivity index (χ1v) is 41.4. The standard InChI is InChI=1S/C81H136O17P2/c1-5-9-13-17-21-25-29-33-36-37-40-43-46-50-54-58-62-66-79(84)92-72-77(98-81(86)68-64-60-56-52-48-44-39-35-31-27-23-19-15-11-7-3)74-96-100(89,90)94-70-75(82)69-93-99(87,88)95-73-76(97-80(85)67-63-59-55-51-47-41-32-28-24-20-16-12-8-4)71-91-78(83)65-61-57-53-49-45-42-38-34-30-26-22-18-14-10-6-2/h9-11,13-15,21-23,25-28,32-36,38-39,45,49,75-77,82H,5-8,12,16-20,24,29-31,37,40-44,46-48,50-74H2,1-4H3,(H,87,88)(H,89,90)/b13-9-,14-10-,15-11-,25-21-,26-22-,27-23-,32-28-,36-33-,38-34-,39-35-,49-45-. The van der Waals surface area contributed by atoms with Crippen LogP contribution in [0, 0.1) is 0 Å². The highest BCUT2D eigenvalue weighted by atomic mass is 31.2. The number of rotatable bonds is 71. The lowest BCUT2D eigenvalue weighted by Gasteiger charge is -2.21. The van der Waals surface area contributed by atoms with Gasteiger partial charge in [0, 0.05) is 25.7 Å². The molecule has 0 saturated carbocycles. The van der Waals surface area contributed by atoms with E-state index in [4.69, 9.17) is 37.0 Å². The molecule has 0 radical (unpaired) electrons. The van der Waals surface area contributed by atoms with Crippen LogP contribution in [0.5, 0.6) is 0 Å². The highest BCUT2D eigenvalue weighted by Gasteiger charge is 2.30. The Balaban J connectivity index is 5.41. The Morgan fingerprint density at radius 3 is 0.830 bits per heavy atom. The zero-order valence-corrected chi connectivity index (χ0v) is 64.1. The molecule has 0 rings (SSSR count). The van der Waals surface area contributed by atoms with Crippen LogP contribution in [0.3, 0.4) is 0 Å². The molecule has 0 heterocycles. The van der Waals surface area contributed by atoms with Crippen LogP contribution >= 0.6 is 15.6 Å². The molecule has 0 aromatic heterocycles. The maximum atomic E-state index is 13.1. The van der Waals surface area contributed by atoms with Crippen molar-refractivity contribution in [2.45, 2.75) is 316 Å². The number of hydrogen-bond donors (Lipinski definition) is 3. The number of aliphatic hydroxyl groups is 1. The van der Waals surface area contributed by atoms with Crippen molar-refractivity contribution in [1.82, 2.24) is 0 Å². The summed E-state index contributed by atoms with van der Waals surface area (Å²) in [5, 5.41) is 10.6. The van der Waals surface area contributed by atoms with Crippen LogP contribution in [0.15, 0.2) is 134 Å². The summed E-state index contributed by atoms with van der Waals surface area (Å²) in [5.41, 5.74) is 0. The third-order valence-corrected chi connectivity index (χ3v) is 17.5. The average molecular weight is 1440 g/mol. The van der Waals surface area contributed by atoms with Gasteiger partial charge in [-0.15, -0.1) is 0 Å². The zero-order chi connectivity index (χ0) is 73.2. The first-order valence-electron chi connectivity index (χ1n) is 38.4. The molecule has 100 heavy (non-hydrogen) atoms. The van der Waals surface area contributed by atoms with Crippen molar-refractivity contribution in [2.75, 3.05) is 39.6 Å². The summed E-state index contributed by atoms with van der Waals surface area (Å²) in [4.78, 5) is 72.9. The number of allylic oxidation sites excluding steroid dienone is 22. The smallest absolute Gasteiger partial charge is 0.462 e. The van der Waals surface area contributed by atoms with Crippen LogP contribution < -0.4 is 0 Å². The molecule has 0 bridgehead atoms. The van der Waals surface area contributed by atoms with Crippen LogP contribution in [-0.4, -0.2) is 96.7 Å². The fraction of sp³-hybridized carbons (Fsp3) is 0.679. The van der Waals surface area contributed by atoms with Crippen molar-refractivity contribution in [1.29, 1.82) is 0 Å². The fourth-order valence-electron chi connectivity index (χ4n) is 9.82. The minimum Gasteiger partial charge on any atom is -0.462 e. The summed E-state index contributed by atoms with van der Waals surface area (Å²) < 4.78 is 68.4. The lowest BCUT2D eigenvalue weighted by atomic mass is 10.1. The Morgan fingerprint density at radius 1 is 0.290 bits per heavy atom. The number of phosphoric ester groups is 2. The summed E-state index contributed by atoms with van der Waals surface area (Å²) in [7, 11) is -9.98. The second kappa shape index (κ2) is 72.5. The third kappa shape index (κ3) is 71.6. The molecule has 3 N–H and O–H groups in total. The summed E-state index contributed by atoms with van der Waals surface area (Å²) in [6, 6.07) is 0. The molecular weight excluding hydrogens is 1310 g/mol. The molecule has 0 aliphatic heterocycles. The first-order chi connectivity index (χ1) is 48.7. The summed E-state index contributed by atoms with van der Waals surface area (Å²) in [5.74, 6) is -2.26. The van der Waals surface area contributed by atoms with E-state index in [-0.39, 0.29) is 25.7 Å². The Labute approximate surface area is 605 Å². The van der Waals surface area contributed by atoms with Crippen molar-refractivity contribution in [2.24, 2.45) is 0 Å². The number of aliphatic hydroxyl groups excluding tert-OH is 1. The topological polar surface area (TPSA) is 237 Å². The Bertz CT molecular complexity index is 2420. The van der Waals surface area contributed by atoms with Crippen LogP contribution in [0.2, 0.25) is 0 Å². The summed E-state index contributed by atoms with van der Waals surface area (Å²) >= 11 is 0. The lowest BCUT2D eigenvalue weighted by Crippen LogP contribution is -2.30. The Hall–Kier alpha value is -4.80. The third-order valence-electron chi connectivity index (χ3n) is 15.6. The molecule has 572 valence electrons. The molecular formula is C81H136O17P2. The van der Waals surface area contributed by atoms with E-state index >= 15 is 0 Å². The van der Waals surface area contributed by atoms with Crippen molar-refractivity contribution >= 4 is 39.5 Å². The molecule has 0 aliphatic carbocycles. The van der Waals surface area contributed by atoms with Crippen LogP contribution in [-0.2, 0) is 65.4 Å². The van der Waals surface area contributed by atoms with Gasteiger partial charge in [0.05, 0.1) is 26.4 Å². The lowest BCUT2D eigenvalue weighted by molar-refractivity contribution is -0.161. The van der Waals surface area contributed by atoms with E-state index in [2.05, 4.69) is 161 Å². The van der Waals surface area contributed by atoms with Gasteiger partial charge < -0.3 is 33.8 Å². The van der Waals surface area contributed by atoms with Crippen molar-refractivity contribution in [3.63, 3.8) is 0 Å². The molecule has 0 aromatic rings. The van der Waals surface area contributed by atoms with Gasteiger partial charge in [-0.05, 0) is 154 Å². The molecule has 0 amide bonds. The highest BCUT2D eigenvalue weighted by Crippen LogP contribution is 2.45. The maximum absolute atomic E-state index is 13.1. The monoisotopic (exact) mass is 1440 g/mol. The van der Waals surface area contributed by atoms with E-state index in [1.54, 1.807) is 0 Å². The Morgan fingerprint density at radius 2 is 0.520 bits per heavy atom. The van der Waals surface area contributed by atoms with Gasteiger partial charge in [-0.25, -0.2) is 9.13 Å². The van der Waals surface area contributed by atoms with E-state index in [1.807, 2.05) is 0 Å². The SMILES string of the molecule is CC/C=C\C/C=C\C/C=C\C/C=C\CCCCC(=O)OCC(COP(=O)(O)OCC(O)COP(=O)(O)OCC(COC(=O)CCCCCCCCC/C=C\C/C=C\C/C=C\CC)OC(=O)CCCCCCC/C=C\C/C=C\C/C=C\CC)OC(=O)CCCCCCC/C=C\CCCCCC. The van der Waals surface area contributed by atoms with Gasteiger partial charge in [0.15, 0.2) is 12.2 Å². The number of esters is 4. The van der Waals surface area contributed by atoms with Gasteiger partial charge in [-0.2, -0.15) is 0 Å². The molecule has 17 nitrogen and oxygen atoms in total. The van der Waals surface area contributed by atoms with E-state index < -0.39 is 97.5 Å². The van der Waals surface area contributed by atoms with Gasteiger partial charge in [0.25, 0.3) is 0 Å². The second-order valence-corrected chi connectivity index (χ2v) is 28.1. The summed E-state index contributed by atoms with van der Waals surface area (Å²) in [6.45, 7) is 4.43. The highest BCUT2D eigenvalue weighted by molar-refractivity contribution is 7.47. The number of unbranched alkanes of at least 4 members (excludes halogenated alkanes) is 23. The number of ether oxygens (including phenoxy) is 4. The van der Waals surface area contributed by atoms with Crippen molar-refractivity contribution in [3.8, 4) is 0 Å². The zero-order valence-electron chi connectivity index (χ0n) is 62.3. The maximum Gasteiger partial charge on any atom is 0.472 e. The Kier molecular flexibility index (Phi) is 69.1. The number of hydrogen-bond acceptors (Lipinski definition) is 15. The largest absolute Gasteiger partial charge is 0.472 e. The van der Waals surface area contributed by atoms with E-state index in [1.165, 1.54) is 25.7 Å². The van der Waals surface area contributed by atoms with Crippen LogP contribution in [0.4, 0.5) is 0 Å². The molecule has 19 heteroatoms. The molecule has 0 spiro atoms. The normalized spacial score (nSPS) is 14.7. The minimum absolute atomic E-state index is 0.0692. The van der Waals surface area contributed by atoms with Crippen LogP contribution in [0.25, 0.3) is 0 Å². The summed E-state index contributed by atoms with van der Waals surface area (Å²) in [6.07, 6.45) is 80.1. The predicted molar refractivity (Wildman–Crippen MR) is 408 cm³/mol. The number of carbonyl (C=O) groups is 4. The number of carbonyl (C=O) groups excluding carboxylic acids is 4. The van der Waals surface area contributed by atoms with Gasteiger partial charge in [0.2, 0.25) is 0 Å². The van der Waals surface area contributed by atoms with Crippen molar-refractivity contribution < 1.29 is 80.2 Å². The average Bonchev–Trinajstić information content (AvgIpc) is 0.937. The minimum atomic E-state index is -4.99. The molecule has 0 aromatic carbocycles. The first kappa shape index (κ1) is 95.2. The predicted octanol–water partition coefficient (Wildman–Crippen LogP) is 22.1. The second-order valence-electron chi connectivity index (χ2n) is 25.1. The van der Waals surface area contributed by atoms with Gasteiger partial charge in [-0.1, -0.05) is 251 Å². The quantitative estimate of drug-likeness (QED) is 0.0169. The molecule has 5 unspecified atom stereocenters. The van der Waals surface area contributed by atoms with Gasteiger partial charge >= 0.3 is 39.5 Å². The van der Waals surface area contributed by atoms with E-state index in [9.17, 15) is 43.2 Å². The molecule has 0 aliphatic rings.